The van der Waals surface area contributed by atoms with Crippen LogP contribution in [0.5, 0.6) is 0 Å². The third-order valence-electron chi connectivity index (χ3n) is 6.78. The van der Waals surface area contributed by atoms with Gasteiger partial charge in [0, 0.05) is 47.9 Å². The number of aliphatic hydroxyl groups is 1. The summed E-state index contributed by atoms with van der Waals surface area (Å²) in [6, 6.07) is 9.41. The number of fused-ring (bicyclic) bond motifs is 2. The number of benzene rings is 1. The van der Waals surface area contributed by atoms with Crippen LogP contribution in [0.3, 0.4) is 0 Å². The van der Waals surface area contributed by atoms with E-state index in [0.717, 1.165) is 60.0 Å². The summed E-state index contributed by atoms with van der Waals surface area (Å²) < 4.78 is 0. The van der Waals surface area contributed by atoms with E-state index in [1.807, 2.05) is 35.2 Å². The highest BCUT2D eigenvalue weighted by Gasteiger charge is 2.32. The van der Waals surface area contributed by atoms with Crippen LogP contribution in [0.15, 0.2) is 30.3 Å². The lowest BCUT2D eigenvalue weighted by atomic mass is 9.99. The monoisotopic (exact) mass is 447 g/mol. The van der Waals surface area contributed by atoms with E-state index in [1.165, 1.54) is 6.42 Å². The standard InChI is InChI=1S/C25H29N5O3/c31-13-11-26-24(32)19-14-22(27-20-8-5-4-6-17(19)20)16-10-12-30(15-16)25(33)23-18-7-2-1-3-9-21(18)28-29-23/h4-6,8,14,16,31H,1-3,7,9-13,15H2,(H,26,32)(H,28,29). The molecule has 0 saturated carbocycles. The number of likely N-dealkylation sites (tertiary alicyclic amines) is 1. The first-order chi connectivity index (χ1) is 16.2. The van der Waals surface area contributed by atoms with E-state index in [2.05, 4.69) is 15.5 Å². The highest BCUT2D eigenvalue weighted by atomic mass is 16.3. The fourth-order valence-corrected chi connectivity index (χ4v) is 5.03. The Morgan fingerprint density at radius 3 is 2.91 bits per heavy atom. The van der Waals surface area contributed by atoms with Gasteiger partial charge in [-0.3, -0.25) is 19.7 Å². The first kappa shape index (κ1) is 21.6. The van der Waals surface area contributed by atoms with Gasteiger partial charge in [0.2, 0.25) is 0 Å². The second-order valence-corrected chi connectivity index (χ2v) is 8.92. The summed E-state index contributed by atoms with van der Waals surface area (Å²) in [6.07, 6.45) is 6.07. The minimum absolute atomic E-state index is 0.0152. The van der Waals surface area contributed by atoms with E-state index >= 15 is 0 Å². The number of rotatable bonds is 5. The molecular weight excluding hydrogens is 418 g/mol. The van der Waals surface area contributed by atoms with E-state index in [0.29, 0.717) is 24.3 Å². The number of aryl methyl sites for hydroxylation is 1. The molecule has 3 aromatic rings. The Morgan fingerprint density at radius 1 is 1.18 bits per heavy atom. The number of para-hydroxylation sites is 1. The molecule has 0 bridgehead atoms. The fourth-order valence-electron chi connectivity index (χ4n) is 5.03. The highest BCUT2D eigenvalue weighted by molar-refractivity contribution is 6.06. The summed E-state index contributed by atoms with van der Waals surface area (Å²) in [7, 11) is 0. The van der Waals surface area contributed by atoms with Crippen LogP contribution in [0.25, 0.3) is 10.9 Å². The van der Waals surface area contributed by atoms with Crippen molar-refractivity contribution in [1.82, 2.24) is 25.4 Å². The number of amides is 2. The van der Waals surface area contributed by atoms with Crippen molar-refractivity contribution in [3.05, 3.63) is 58.5 Å². The minimum atomic E-state index is -0.228. The minimum Gasteiger partial charge on any atom is -0.395 e. The molecule has 3 heterocycles. The van der Waals surface area contributed by atoms with Crippen LogP contribution in [0.2, 0.25) is 0 Å². The molecule has 0 radical (unpaired) electrons. The van der Waals surface area contributed by atoms with E-state index in [9.17, 15) is 9.59 Å². The van der Waals surface area contributed by atoms with Crippen molar-refractivity contribution in [2.45, 2.75) is 44.4 Å². The summed E-state index contributed by atoms with van der Waals surface area (Å²) >= 11 is 0. The molecule has 1 aliphatic heterocycles. The van der Waals surface area contributed by atoms with Gasteiger partial charge in [-0.2, -0.15) is 5.10 Å². The molecule has 1 aliphatic carbocycles. The summed E-state index contributed by atoms with van der Waals surface area (Å²) in [5.41, 5.74) is 4.90. The molecule has 2 amide bonds. The van der Waals surface area contributed by atoms with Crippen LogP contribution in [-0.4, -0.2) is 63.2 Å². The first-order valence-electron chi connectivity index (χ1n) is 11.8. The number of pyridine rings is 1. The summed E-state index contributed by atoms with van der Waals surface area (Å²) in [6.45, 7) is 1.29. The number of carbonyl (C=O) groups excluding carboxylic acids is 2. The third-order valence-corrected chi connectivity index (χ3v) is 6.78. The van der Waals surface area contributed by atoms with Gasteiger partial charge in [0.1, 0.15) is 0 Å². The summed E-state index contributed by atoms with van der Waals surface area (Å²) in [5, 5.41) is 20.1. The van der Waals surface area contributed by atoms with E-state index in [4.69, 9.17) is 10.1 Å². The molecule has 2 aromatic heterocycles. The molecule has 33 heavy (non-hydrogen) atoms. The van der Waals surface area contributed by atoms with Crippen LogP contribution in [0, 0.1) is 0 Å². The SMILES string of the molecule is O=C(NCCO)c1cc(C2CCN(C(=O)c3n[nH]c4c3CCCCC4)C2)nc2ccccc12. The van der Waals surface area contributed by atoms with E-state index < -0.39 is 0 Å². The zero-order valence-corrected chi connectivity index (χ0v) is 18.6. The predicted octanol–water partition coefficient (Wildman–Crippen LogP) is 2.58. The van der Waals surface area contributed by atoms with Gasteiger partial charge >= 0.3 is 0 Å². The van der Waals surface area contributed by atoms with Crippen LogP contribution in [-0.2, 0) is 12.8 Å². The van der Waals surface area contributed by atoms with Crippen molar-refractivity contribution in [3.8, 4) is 0 Å². The van der Waals surface area contributed by atoms with Crippen molar-refractivity contribution < 1.29 is 14.7 Å². The number of aromatic amines is 1. The molecule has 2 aliphatic rings. The summed E-state index contributed by atoms with van der Waals surface area (Å²) in [4.78, 5) is 32.8. The lowest BCUT2D eigenvalue weighted by molar-refractivity contribution is 0.0783. The van der Waals surface area contributed by atoms with Crippen LogP contribution < -0.4 is 5.32 Å². The Bertz CT molecular complexity index is 1190. The van der Waals surface area contributed by atoms with Gasteiger partial charge in [-0.05, 0) is 44.2 Å². The second kappa shape index (κ2) is 9.31. The molecule has 1 atom stereocenters. The topological polar surface area (TPSA) is 111 Å². The maximum atomic E-state index is 13.3. The van der Waals surface area contributed by atoms with Gasteiger partial charge < -0.3 is 15.3 Å². The smallest absolute Gasteiger partial charge is 0.274 e. The number of carbonyl (C=O) groups is 2. The summed E-state index contributed by atoms with van der Waals surface area (Å²) in [5.74, 6) is -0.187. The molecule has 0 spiro atoms. The molecule has 1 unspecified atom stereocenters. The van der Waals surface area contributed by atoms with Gasteiger partial charge in [0.25, 0.3) is 11.8 Å². The number of hydrogen-bond donors (Lipinski definition) is 3. The van der Waals surface area contributed by atoms with Gasteiger partial charge in [-0.15, -0.1) is 0 Å². The van der Waals surface area contributed by atoms with Gasteiger partial charge in [0.05, 0.1) is 17.7 Å². The number of aliphatic hydroxyl groups excluding tert-OH is 1. The molecule has 1 fully saturated rings. The highest BCUT2D eigenvalue weighted by Crippen LogP contribution is 2.31. The predicted molar refractivity (Wildman–Crippen MR) is 124 cm³/mol. The van der Waals surface area contributed by atoms with Gasteiger partial charge in [-0.1, -0.05) is 24.6 Å². The van der Waals surface area contributed by atoms with Crippen molar-refractivity contribution >= 4 is 22.7 Å². The van der Waals surface area contributed by atoms with Crippen molar-refractivity contribution in [3.63, 3.8) is 0 Å². The molecule has 3 N–H and O–H groups in total. The largest absolute Gasteiger partial charge is 0.395 e. The van der Waals surface area contributed by atoms with Crippen molar-refractivity contribution in [2.75, 3.05) is 26.2 Å². The number of nitrogens with zero attached hydrogens (tertiary/aromatic N) is 3. The second-order valence-electron chi connectivity index (χ2n) is 8.92. The lowest BCUT2D eigenvalue weighted by Crippen LogP contribution is -2.30. The zero-order valence-electron chi connectivity index (χ0n) is 18.6. The molecule has 8 heteroatoms. The van der Waals surface area contributed by atoms with Gasteiger partial charge in [0.15, 0.2) is 5.69 Å². The molecule has 8 nitrogen and oxygen atoms in total. The quantitative estimate of drug-likeness (QED) is 0.521. The van der Waals surface area contributed by atoms with Crippen LogP contribution >= 0.6 is 0 Å². The fraction of sp³-hybridized carbons (Fsp3) is 0.440. The van der Waals surface area contributed by atoms with Crippen molar-refractivity contribution in [2.24, 2.45) is 0 Å². The normalized spacial score (nSPS) is 18.2. The average Bonchev–Trinajstić information content (AvgIpc) is 3.43. The lowest BCUT2D eigenvalue weighted by Gasteiger charge is -2.17. The Labute approximate surface area is 192 Å². The number of hydrogen-bond acceptors (Lipinski definition) is 5. The maximum Gasteiger partial charge on any atom is 0.274 e. The maximum absolute atomic E-state index is 13.3. The Kier molecular flexibility index (Phi) is 6.09. The zero-order chi connectivity index (χ0) is 22.8. The van der Waals surface area contributed by atoms with Gasteiger partial charge in [-0.25, -0.2) is 0 Å². The molecule has 1 saturated heterocycles. The van der Waals surface area contributed by atoms with Crippen LogP contribution in [0.4, 0.5) is 0 Å². The average molecular weight is 448 g/mol. The Balaban J connectivity index is 1.39. The Morgan fingerprint density at radius 2 is 2.03 bits per heavy atom. The van der Waals surface area contributed by atoms with Crippen molar-refractivity contribution in [1.29, 1.82) is 0 Å². The first-order valence-corrected chi connectivity index (χ1v) is 11.8. The molecule has 1 aromatic carbocycles. The third kappa shape index (κ3) is 4.23. The Hall–Kier alpha value is -3.26. The number of H-pyrrole nitrogens is 1. The number of aromatic nitrogens is 3. The number of nitrogens with one attached hydrogen (secondary N) is 2. The van der Waals surface area contributed by atoms with E-state index in [-0.39, 0.29) is 30.9 Å². The molecule has 5 rings (SSSR count). The van der Waals surface area contributed by atoms with Crippen LogP contribution in [0.1, 0.15) is 69.4 Å². The van der Waals surface area contributed by atoms with E-state index in [1.54, 1.807) is 0 Å². The molecular formula is C25H29N5O3. The molecule has 172 valence electrons.